The molecule has 2 aromatic carbocycles. The molecule has 6 heteroatoms. The predicted molar refractivity (Wildman–Crippen MR) is 68.5 cm³/mol. The summed E-state index contributed by atoms with van der Waals surface area (Å²) in [5.74, 6) is -0.489. The molecule has 0 aliphatic heterocycles. The lowest BCUT2D eigenvalue weighted by atomic mass is 10.1. The van der Waals surface area contributed by atoms with E-state index in [0.717, 1.165) is 11.6 Å². The molecule has 0 atom stereocenters. The van der Waals surface area contributed by atoms with Crippen LogP contribution in [0.5, 0.6) is 5.75 Å². The molecule has 20 heavy (non-hydrogen) atoms. The quantitative estimate of drug-likeness (QED) is 0.702. The summed E-state index contributed by atoms with van der Waals surface area (Å²) in [6.07, 6.45) is -8.50. The van der Waals surface area contributed by atoms with Crippen LogP contribution in [0.4, 0.5) is 17.6 Å². The fraction of sp³-hybridized carbons (Fsp3) is 0.143. The van der Waals surface area contributed by atoms with E-state index in [1.807, 2.05) is 6.07 Å². The third kappa shape index (κ3) is 3.22. The van der Waals surface area contributed by atoms with E-state index in [1.54, 1.807) is 24.3 Å². The van der Waals surface area contributed by atoms with Crippen molar-refractivity contribution in [1.29, 1.82) is 0 Å². The Hall–Kier alpha value is -1.75. The van der Waals surface area contributed by atoms with Gasteiger partial charge in [0.05, 0.1) is 5.02 Å². The van der Waals surface area contributed by atoms with Crippen molar-refractivity contribution in [3.8, 4) is 16.9 Å². The Balaban J connectivity index is 2.27. The minimum absolute atomic E-state index is 0.160. The Bertz CT molecular complexity index is 587. The molecule has 0 radical (unpaired) electrons. The van der Waals surface area contributed by atoms with Crippen LogP contribution in [-0.4, -0.2) is 12.5 Å². The molecule has 0 aliphatic rings. The smallest absolute Gasteiger partial charge is 0.427 e. The van der Waals surface area contributed by atoms with E-state index in [0.29, 0.717) is 5.56 Å². The van der Waals surface area contributed by atoms with Crippen LogP contribution in [0.2, 0.25) is 5.02 Å². The zero-order chi connectivity index (χ0) is 14.8. The summed E-state index contributed by atoms with van der Waals surface area (Å²) in [5, 5.41) is -0.160. The Morgan fingerprint density at radius 3 is 2.15 bits per heavy atom. The molecule has 2 aromatic rings. The fourth-order valence-corrected chi connectivity index (χ4v) is 1.80. The topological polar surface area (TPSA) is 9.23 Å². The standard InChI is InChI=1S/C14H9ClF4O/c15-11-8-10(9-4-2-1-3-5-9)6-7-12(11)20-14(18,19)13(16)17/h1-8,13H. The van der Waals surface area contributed by atoms with E-state index in [2.05, 4.69) is 4.74 Å². The van der Waals surface area contributed by atoms with Gasteiger partial charge in [0.1, 0.15) is 5.75 Å². The van der Waals surface area contributed by atoms with E-state index >= 15 is 0 Å². The number of rotatable bonds is 4. The van der Waals surface area contributed by atoms with E-state index in [9.17, 15) is 17.6 Å². The number of benzene rings is 2. The van der Waals surface area contributed by atoms with E-state index in [4.69, 9.17) is 11.6 Å². The highest BCUT2D eigenvalue weighted by Crippen LogP contribution is 2.35. The van der Waals surface area contributed by atoms with E-state index in [1.165, 1.54) is 12.1 Å². The molecule has 1 nitrogen and oxygen atoms in total. The van der Waals surface area contributed by atoms with Crippen molar-refractivity contribution in [2.24, 2.45) is 0 Å². The summed E-state index contributed by atoms with van der Waals surface area (Å²) in [5.41, 5.74) is 1.49. The molecule has 0 spiro atoms. The summed E-state index contributed by atoms with van der Waals surface area (Å²) in [6.45, 7) is 0. The van der Waals surface area contributed by atoms with Crippen LogP contribution >= 0.6 is 11.6 Å². The van der Waals surface area contributed by atoms with Gasteiger partial charge in [0.2, 0.25) is 0 Å². The summed E-state index contributed by atoms with van der Waals surface area (Å²) < 4.78 is 53.7. The lowest BCUT2D eigenvalue weighted by Gasteiger charge is -2.18. The first-order valence-electron chi connectivity index (χ1n) is 5.60. The molecule has 0 unspecified atom stereocenters. The van der Waals surface area contributed by atoms with Gasteiger partial charge in [-0.3, -0.25) is 0 Å². The molecule has 2 rings (SSSR count). The van der Waals surface area contributed by atoms with Gasteiger partial charge in [-0.05, 0) is 23.3 Å². The average molecular weight is 305 g/mol. The molecule has 0 aromatic heterocycles. The minimum atomic E-state index is -4.57. The van der Waals surface area contributed by atoms with Crippen LogP contribution in [0.25, 0.3) is 11.1 Å². The predicted octanol–water partition coefficient (Wildman–Crippen LogP) is 5.24. The summed E-state index contributed by atoms with van der Waals surface area (Å²) in [7, 11) is 0. The highest BCUT2D eigenvalue weighted by Gasteiger charge is 2.44. The third-order valence-corrected chi connectivity index (χ3v) is 2.83. The number of hydrogen-bond acceptors (Lipinski definition) is 1. The van der Waals surface area contributed by atoms with Crippen LogP contribution in [-0.2, 0) is 0 Å². The maximum absolute atomic E-state index is 12.8. The zero-order valence-electron chi connectivity index (χ0n) is 9.99. The minimum Gasteiger partial charge on any atom is -0.427 e. The lowest BCUT2D eigenvalue weighted by Crippen LogP contribution is -2.33. The van der Waals surface area contributed by atoms with Gasteiger partial charge in [0, 0.05) is 0 Å². The van der Waals surface area contributed by atoms with Crippen LogP contribution in [0.15, 0.2) is 48.5 Å². The van der Waals surface area contributed by atoms with Crippen LogP contribution < -0.4 is 4.74 Å². The normalized spacial score (nSPS) is 11.7. The van der Waals surface area contributed by atoms with Crippen LogP contribution in [0.1, 0.15) is 0 Å². The maximum atomic E-state index is 12.8. The molecule has 0 bridgehead atoms. The van der Waals surface area contributed by atoms with Crippen LogP contribution in [0, 0.1) is 0 Å². The van der Waals surface area contributed by atoms with Gasteiger partial charge >= 0.3 is 12.5 Å². The average Bonchev–Trinajstić information content (AvgIpc) is 2.41. The van der Waals surface area contributed by atoms with Gasteiger partial charge in [-0.2, -0.15) is 17.6 Å². The summed E-state index contributed by atoms with van der Waals surface area (Å²) in [4.78, 5) is 0. The van der Waals surface area contributed by atoms with Crippen molar-refractivity contribution in [1.82, 2.24) is 0 Å². The first-order chi connectivity index (χ1) is 9.40. The van der Waals surface area contributed by atoms with Gasteiger partial charge < -0.3 is 4.74 Å². The molecule has 0 saturated carbocycles. The van der Waals surface area contributed by atoms with Gasteiger partial charge in [0.25, 0.3) is 0 Å². The van der Waals surface area contributed by atoms with Gasteiger partial charge in [-0.1, -0.05) is 48.0 Å². The van der Waals surface area contributed by atoms with Crippen molar-refractivity contribution in [3.63, 3.8) is 0 Å². The molecule has 0 amide bonds. The van der Waals surface area contributed by atoms with Gasteiger partial charge in [-0.15, -0.1) is 0 Å². The Morgan fingerprint density at radius 1 is 0.950 bits per heavy atom. The number of ether oxygens (including phenoxy) is 1. The fourth-order valence-electron chi connectivity index (χ4n) is 1.58. The molecule has 0 saturated heterocycles. The molecule has 0 aliphatic carbocycles. The second-order valence-corrected chi connectivity index (χ2v) is 4.38. The largest absolute Gasteiger partial charge is 0.461 e. The summed E-state index contributed by atoms with van der Waals surface area (Å²) >= 11 is 5.79. The summed E-state index contributed by atoms with van der Waals surface area (Å²) in [6, 6.07) is 13.0. The molecule has 0 heterocycles. The van der Waals surface area contributed by atoms with Crippen molar-refractivity contribution < 1.29 is 22.3 Å². The van der Waals surface area contributed by atoms with Gasteiger partial charge in [-0.25, -0.2) is 0 Å². The molecule has 106 valence electrons. The Kier molecular flexibility index (Phi) is 4.18. The highest BCUT2D eigenvalue weighted by molar-refractivity contribution is 6.32. The molecule has 0 fully saturated rings. The first kappa shape index (κ1) is 14.7. The lowest BCUT2D eigenvalue weighted by molar-refractivity contribution is -0.253. The van der Waals surface area contributed by atoms with Crippen molar-refractivity contribution in [2.75, 3.05) is 0 Å². The molecule has 0 N–H and O–H groups in total. The van der Waals surface area contributed by atoms with Crippen molar-refractivity contribution in [2.45, 2.75) is 12.5 Å². The third-order valence-electron chi connectivity index (χ3n) is 2.54. The Labute approximate surface area is 117 Å². The van der Waals surface area contributed by atoms with Crippen molar-refractivity contribution >= 4 is 11.6 Å². The molecular weight excluding hydrogens is 296 g/mol. The molecular formula is C14H9ClF4O. The van der Waals surface area contributed by atoms with Gasteiger partial charge in [0.15, 0.2) is 0 Å². The number of hydrogen-bond donors (Lipinski definition) is 0. The van der Waals surface area contributed by atoms with E-state index in [-0.39, 0.29) is 5.02 Å². The maximum Gasteiger partial charge on any atom is 0.461 e. The second kappa shape index (κ2) is 5.71. The van der Waals surface area contributed by atoms with Crippen LogP contribution in [0.3, 0.4) is 0 Å². The van der Waals surface area contributed by atoms with E-state index < -0.39 is 18.3 Å². The zero-order valence-corrected chi connectivity index (χ0v) is 10.8. The van der Waals surface area contributed by atoms with Crippen molar-refractivity contribution in [3.05, 3.63) is 53.6 Å². The number of alkyl halides is 4. The Morgan fingerprint density at radius 2 is 1.60 bits per heavy atom. The first-order valence-corrected chi connectivity index (χ1v) is 5.98. The number of halogens is 5. The second-order valence-electron chi connectivity index (χ2n) is 3.98. The SMILES string of the molecule is FC(F)C(F)(F)Oc1ccc(-c2ccccc2)cc1Cl. The monoisotopic (exact) mass is 304 g/mol. The highest BCUT2D eigenvalue weighted by atomic mass is 35.5.